The third kappa shape index (κ3) is 4.62. The molecule has 0 fully saturated rings. The van der Waals surface area contributed by atoms with E-state index in [1.807, 2.05) is 0 Å². The zero-order chi connectivity index (χ0) is 20.3. The molecule has 2 N–H and O–H groups in total. The highest BCUT2D eigenvalue weighted by Crippen LogP contribution is 2.20. The van der Waals surface area contributed by atoms with Gasteiger partial charge in [-0.25, -0.2) is 17.2 Å². The molecule has 2 aromatic carbocycles. The van der Waals surface area contributed by atoms with E-state index in [0.717, 1.165) is 12.1 Å². The predicted octanol–water partition coefficient (Wildman–Crippen LogP) is 4.07. The van der Waals surface area contributed by atoms with Gasteiger partial charge < -0.3 is 5.32 Å². The molecule has 6 nitrogen and oxygen atoms in total. The number of nitrogens with zero attached hydrogens (tertiary/aromatic N) is 1. The maximum atomic E-state index is 13.7. The first-order chi connectivity index (χ1) is 13.2. The number of benzene rings is 2. The number of carbonyl (C=O) groups is 1. The molecule has 28 heavy (non-hydrogen) atoms. The SMILES string of the molecule is O=C(Nc1ccc(F)cc1F)c1cncc(NS(=O)(=O)c2ccc(Cl)cc2)c1. The Labute approximate surface area is 164 Å². The molecular weight excluding hydrogens is 412 g/mol. The van der Waals surface area contributed by atoms with Gasteiger partial charge in [0.25, 0.3) is 15.9 Å². The van der Waals surface area contributed by atoms with Gasteiger partial charge in [-0.15, -0.1) is 0 Å². The van der Waals surface area contributed by atoms with Gasteiger partial charge in [0.2, 0.25) is 0 Å². The molecule has 0 unspecified atom stereocenters. The summed E-state index contributed by atoms with van der Waals surface area (Å²) in [6.45, 7) is 0. The molecule has 0 bridgehead atoms. The van der Waals surface area contributed by atoms with Gasteiger partial charge in [0.05, 0.1) is 28.0 Å². The molecular formula is C18H12ClF2N3O3S. The van der Waals surface area contributed by atoms with Crippen LogP contribution in [0, 0.1) is 11.6 Å². The lowest BCUT2D eigenvalue weighted by molar-refractivity contribution is 0.102. The number of rotatable bonds is 5. The third-order valence-corrected chi connectivity index (χ3v) is 5.21. The number of halogens is 3. The van der Waals surface area contributed by atoms with E-state index in [1.165, 1.54) is 42.7 Å². The van der Waals surface area contributed by atoms with Gasteiger partial charge in [0.1, 0.15) is 11.6 Å². The molecule has 144 valence electrons. The van der Waals surface area contributed by atoms with Gasteiger partial charge in [-0.1, -0.05) is 11.6 Å². The van der Waals surface area contributed by atoms with Gasteiger partial charge in [-0.3, -0.25) is 14.5 Å². The minimum absolute atomic E-state index is 0.0277. The number of aromatic nitrogens is 1. The number of hydrogen-bond donors (Lipinski definition) is 2. The van der Waals surface area contributed by atoms with E-state index >= 15 is 0 Å². The summed E-state index contributed by atoms with van der Waals surface area (Å²) in [5, 5.41) is 2.65. The number of anilines is 2. The lowest BCUT2D eigenvalue weighted by Crippen LogP contribution is -2.16. The number of amides is 1. The lowest BCUT2D eigenvalue weighted by atomic mass is 10.2. The summed E-state index contributed by atoms with van der Waals surface area (Å²) in [4.78, 5) is 16.1. The van der Waals surface area contributed by atoms with Crippen molar-refractivity contribution >= 4 is 38.9 Å². The highest BCUT2D eigenvalue weighted by Gasteiger charge is 2.16. The normalized spacial score (nSPS) is 11.1. The van der Waals surface area contributed by atoms with Crippen molar-refractivity contribution in [2.24, 2.45) is 0 Å². The van der Waals surface area contributed by atoms with Crippen molar-refractivity contribution in [3.63, 3.8) is 0 Å². The van der Waals surface area contributed by atoms with E-state index in [1.54, 1.807) is 0 Å². The van der Waals surface area contributed by atoms with Gasteiger partial charge in [-0.05, 0) is 42.5 Å². The van der Waals surface area contributed by atoms with Crippen molar-refractivity contribution < 1.29 is 22.0 Å². The quantitative estimate of drug-likeness (QED) is 0.647. The highest BCUT2D eigenvalue weighted by atomic mass is 35.5. The maximum Gasteiger partial charge on any atom is 0.261 e. The van der Waals surface area contributed by atoms with Crippen LogP contribution < -0.4 is 10.0 Å². The summed E-state index contributed by atoms with van der Waals surface area (Å²) < 4.78 is 53.7. The van der Waals surface area contributed by atoms with E-state index in [9.17, 15) is 22.0 Å². The van der Waals surface area contributed by atoms with Crippen LogP contribution in [-0.2, 0) is 10.0 Å². The lowest BCUT2D eigenvalue weighted by Gasteiger charge is -2.10. The van der Waals surface area contributed by atoms with E-state index < -0.39 is 27.6 Å². The monoisotopic (exact) mass is 423 g/mol. The van der Waals surface area contributed by atoms with Crippen molar-refractivity contribution in [3.05, 3.63) is 83.1 Å². The molecule has 0 atom stereocenters. The van der Waals surface area contributed by atoms with Gasteiger partial charge in [0.15, 0.2) is 0 Å². The third-order valence-electron chi connectivity index (χ3n) is 3.56. The van der Waals surface area contributed by atoms with Crippen LogP contribution in [0.3, 0.4) is 0 Å². The zero-order valence-corrected chi connectivity index (χ0v) is 15.6. The van der Waals surface area contributed by atoms with Crippen LogP contribution in [-0.4, -0.2) is 19.3 Å². The van der Waals surface area contributed by atoms with Crippen LogP contribution in [0.5, 0.6) is 0 Å². The van der Waals surface area contributed by atoms with Gasteiger partial charge >= 0.3 is 0 Å². The number of sulfonamides is 1. The van der Waals surface area contributed by atoms with E-state index in [-0.39, 0.29) is 21.8 Å². The molecule has 3 aromatic rings. The van der Waals surface area contributed by atoms with Crippen LogP contribution in [0.15, 0.2) is 65.8 Å². The molecule has 0 saturated carbocycles. The van der Waals surface area contributed by atoms with E-state index in [2.05, 4.69) is 15.0 Å². The summed E-state index contributed by atoms with van der Waals surface area (Å²) in [7, 11) is -3.92. The molecule has 3 rings (SSSR count). The molecule has 0 aliphatic heterocycles. The van der Waals surface area contributed by atoms with Crippen LogP contribution in [0.2, 0.25) is 5.02 Å². The van der Waals surface area contributed by atoms with Crippen LogP contribution >= 0.6 is 11.6 Å². The standard InChI is InChI=1S/C18H12ClF2N3O3S/c19-12-1-4-15(5-2-12)28(26,27)24-14-7-11(9-22-10-14)18(25)23-17-6-3-13(20)8-16(17)21/h1-10,24H,(H,23,25). The Bertz CT molecular complexity index is 1140. The number of hydrogen-bond acceptors (Lipinski definition) is 4. The second-order valence-electron chi connectivity index (χ2n) is 5.60. The first-order valence-electron chi connectivity index (χ1n) is 7.74. The van der Waals surface area contributed by atoms with Crippen LogP contribution in [0.25, 0.3) is 0 Å². The summed E-state index contributed by atoms with van der Waals surface area (Å²) in [5.74, 6) is -2.47. The van der Waals surface area contributed by atoms with Crippen LogP contribution in [0.1, 0.15) is 10.4 Å². The molecule has 0 spiro atoms. The summed E-state index contributed by atoms with van der Waals surface area (Å²) in [6.07, 6.45) is 2.39. The van der Waals surface area contributed by atoms with Crippen molar-refractivity contribution in [1.82, 2.24) is 4.98 Å². The second kappa shape index (κ2) is 7.91. The molecule has 0 aliphatic carbocycles. The molecule has 1 heterocycles. The highest BCUT2D eigenvalue weighted by molar-refractivity contribution is 7.92. The smallest absolute Gasteiger partial charge is 0.261 e. The maximum absolute atomic E-state index is 13.7. The second-order valence-corrected chi connectivity index (χ2v) is 7.72. The van der Waals surface area contributed by atoms with E-state index in [4.69, 9.17) is 11.6 Å². The fraction of sp³-hybridized carbons (Fsp3) is 0. The van der Waals surface area contributed by atoms with Gasteiger partial charge in [-0.2, -0.15) is 0 Å². The summed E-state index contributed by atoms with van der Waals surface area (Å²) in [6, 6.07) is 9.43. The Morgan fingerprint density at radius 1 is 1.00 bits per heavy atom. The molecule has 0 aliphatic rings. The fourth-order valence-electron chi connectivity index (χ4n) is 2.23. The first kappa shape index (κ1) is 19.7. The predicted molar refractivity (Wildman–Crippen MR) is 101 cm³/mol. The number of carbonyl (C=O) groups excluding carboxylic acids is 1. The minimum atomic E-state index is -3.92. The molecule has 1 aromatic heterocycles. The Morgan fingerprint density at radius 3 is 2.39 bits per heavy atom. The zero-order valence-electron chi connectivity index (χ0n) is 14.0. The van der Waals surface area contributed by atoms with Gasteiger partial charge in [0, 0.05) is 17.3 Å². The van der Waals surface area contributed by atoms with Crippen LogP contribution in [0.4, 0.5) is 20.2 Å². The number of nitrogens with one attached hydrogen (secondary N) is 2. The summed E-state index contributed by atoms with van der Waals surface area (Å²) >= 11 is 5.75. The first-order valence-corrected chi connectivity index (χ1v) is 9.60. The largest absolute Gasteiger partial charge is 0.319 e. The van der Waals surface area contributed by atoms with E-state index in [0.29, 0.717) is 11.1 Å². The molecule has 0 saturated heterocycles. The molecule has 1 amide bonds. The van der Waals surface area contributed by atoms with Crippen molar-refractivity contribution in [2.75, 3.05) is 10.0 Å². The Balaban J connectivity index is 1.79. The Kier molecular flexibility index (Phi) is 5.57. The number of pyridine rings is 1. The average molecular weight is 424 g/mol. The van der Waals surface area contributed by atoms with Crippen molar-refractivity contribution in [1.29, 1.82) is 0 Å². The Morgan fingerprint density at radius 2 is 1.71 bits per heavy atom. The Hall–Kier alpha value is -3.04. The summed E-state index contributed by atoms with van der Waals surface area (Å²) in [5.41, 5.74) is -0.222. The molecule has 10 heteroatoms. The molecule has 0 radical (unpaired) electrons. The van der Waals surface area contributed by atoms with Crippen molar-refractivity contribution in [3.8, 4) is 0 Å². The minimum Gasteiger partial charge on any atom is -0.319 e. The van der Waals surface area contributed by atoms with Crippen molar-refractivity contribution in [2.45, 2.75) is 4.90 Å². The fourth-order valence-corrected chi connectivity index (χ4v) is 3.39. The topological polar surface area (TPSA) is 88.2 Å². The average Bonchev–Trinajstić information content (AvgIpc) is 2.64.